The Bertz CT molecular complexity index is 1230. The number of para-hydroxylation sites is 1. The van der Waals surface area contributed by atoms with Crippen molar-refractivity contribution in [3.8, 4) is 5.75 Å². The van der Waals surface area contributed by atoms with Crippen molar-refractivity contribution in [2.45, 2.75) is 63.6 Å². The number of carboxylic acids is 1. The van der Waals surface area contributed by atoms with Crippen molar-refractivity contribution in [2.24, 2.45) is 0 Å². The largest absolute Gasteiger partial charge is 0.480 e. The number of hydrogen-bond donors (Lipinski definition) is 3. The van der Waals surface area contributed by atoms with E-state index in [0.717, 1.165) is 23.9 Å². The molecule has 6 atom stereocenters. The molecule has 37 heavy (non-hydrogen) atoms. The molecule has 2 aromatic rings. The third kappa shape index (κ3) is 5.68. The number of aliphatic carboxylic acids is 1. The van der Waals surface area contributed by atoms with E-state index in [1.807, 2.05) is 0 Å². The van der Waals surface area contributed by atoms with Crippen LogP contribution >= 0.6 is 7.75 Å². The van der Waals surface area contributed by atoms with Crippen LogP contribution in [-0.4, -0.2) is 66.7 Å². The molecule has 0 spiro atoms. The molecule has 1 saturated heterocycles. The Morgan fingerprint density at radius 2 is 1.92 bits per heavy atom. The predicted molar refractivity (Wildman–Crippen MR) is 127 cm³/mol. The molecule has 204 valence electrons. The Balaban J connectivity index is 1.97. The van der Waals surface area contributed by atoms with Crippen LogP contribution in [0.1, 0.15) is 33.9 Å². The molecular weight excluding hydrogens is 517 g/mol. The van der Waals surface area contributed by atoms with Crippen molar-refractivity contribution < 1.29 is 42.1 Å². The molecule has 4 N–H and O–H groups in total. The van der Waals surface area contributed by atoms with Gasteiger partial charge in [-0.1, -0.05) is 18.2 Å². The summed E-state index contributed by atoms with van der Waals surface area (Å²) in [6.45, 7) is 3.73. The number of aromatic nitrogens is 2. The molecule has 1 aliphatic heterocycles. The van der Waals surface area contributed by atoms with Crippen LogP contribution in [0.4, 0.5) is 14.6 Å². The van der Waals surface area contributed by atoms with Gasteiger partial charge in [-0.2, -0.15) is 9.65 Å². The summed E-state index contributed by atoms with van der Waals surface area (Å²) < 4.78 is 63.0. The Morgan fingerprint density at radius 1 is 1.30 bits per heavy atom. The average Bonchev–Trinajstić information content (AvgIpc) is 2.98. The molecule has 1 aromatic heterocycles. The molecule has 1 aliphatic rings. The fourth-order valence-electron chi connectivity index (χ4n) is 3.95. The van der Waals surface area contributed by atoms with Crippen LogP contribution < -0.4 is 15.9 Å². The number of alkyl halides is 2. The highest BCUT2D eigenvalue weighted by molar-refractivity contribution is 7.51. The first-order chi connectivity index (χ1) is 17.1. The van der Waals surface area contributed by atoms with Crippen molar-refractivity contribution in [1.29, 1.82) is 0 Å². The topological polar surface area (TPSA) is 166 Å². The number of nitrogen functional groups attached to an aromatic ring is 1. The maximum Gasteiger partial charge on any atom is 0.462 e. The summed E-state index contributed by atoms with van der Waals surface area (Å²) in [4.78, 5) is 27.4. The normalized spacial score (nSPS) is 28.2. The summed E-state index contributed by atoms with van der Waals surface area (Å²) >= 11 is 0. The lowest BCUT2D eigenvalue weighted by Gasteiger charge is -2.36. The summed E-state index contributed by atoms with van der Waals surface area (Å²) in [5.74, 6) is -4.86. The Hall–Kier alpha value is -2.90. The van der Waals surface area contributed by atoms with Gasteiger partial charge in [0.2, 0.25) is 0 Å². The first kappa shape index (κ1) is 28.7. The number of aliphatic hydroxyl groups is 1. The van der Waals surface area contributed by atoms with Gasteiger partial charge in [0.15, 0.2) is 18.0 Å². The van der Waals surface area contributed by atoms with Crippen LogP contribution in [-0.2, 0) is 18.6 Å². The van der Waals surface area contributed by atoms with Gasteiger partial charge < -0.3 is 25.2 Å². The van der Waals surface area contributed by atoms with Crippen LogP contribution in [0.2, 0.25) is 0 Å². The number of halogens is 2. The molecule has 0 unspecified atom stereocenters. The van der Waals surface area contributed by atoms with E-state index >= 15 is 8.78 Å². The van der Waals surface area contributed by atoms with E-state index in [0.29, 0.717) is 4.57 Å². The van der Waals surface area contributed by atoms with Crippen molar-refractivity contribution in [3.05, 3.63) is 53.1 Å². The first-order valence-electron chi connectivity index (χ1n) is 11.2. The molecule has 0 saturated carbocycles. The fraction of sp³-hybridized carbons (Fsp3) is 0.500. The lowest BCUT2D eigenvalue weighted by molar-refractivity contribution is -0.204. The molecule has 15 heteroatoms. The highest BCUT2D eigenvalue weighted by Gasteiger charge is 2.65. The number of nitrogens with zero attached hydrogens (tertiary/aromatic N) is 3. The maximum atomic E-state index is 15.9. The SMILES string of the molecule is CC(C)N([C@@H](C)C(=O)O)[P@](=O)(OC[C@@]1(F)O[C@@H](n2ccc(N)nc2=O)[C@](C)(F)[C@@H]1O)Oc1ccccc1. The molecule has 1 aromatic carbocycles. The zero-order valence-electron chi connectivity index (χ0n) is 20.5. The number of aliphatic hydroxyl groups excluding tert-OH is 1. The van der Waals surface area contributed by atoms with Crippen LogP contribution in [0.5, 0.6) is 5.75 Å². The number of rotatable bonds is 10. The van der Waals surface area contributed by atoms with Gasteiger partial charge in [-0.05, 0) is 45.9 Å². The van der Waals surface area contributed by atoms with Crippen molar-refractivity contribution in [1.82, 2.24) is 14.2 Å². The fourth-order valence-corrected chi connectivity index (χ4v) is 6.04. The number of nitrogens with two attached hydrogens (primary N) is 1. The minimum Gasteiger partial charge on any atom is -0.480 e. The number of anilines is 1. The zero-order chi connectivity index (χ0) is 27.8. The van der Waals surface area contributed by atoms with Crippen LogP contribution in [0.25, 0.3) is 0 Å². The molecule has 0 aliphatic carbocycles. The van der Waals surface area contributed by atoms with Crippen molar-refractivity contribution in [2.75, 3.05) is 12.3 Å². The third-order valence-corrected chi connectivity index (χ3v) is 8.06. The van der Waals surface area contributed by atoms with Crippen molar-refractivity contribution >= 4 is 19.5 Å². The maximum absolute atomic E-state index is 15.9. The minimum atomic E-state index is -4.69. The molecule has 3 rings (SSSR count). The van der Waals surface area contributed by atoms with Gasteiger partial charge in [0.05, 0.1) is 0 Å². The lowest BCUT2D eigenvalue weighted by atomic mass is 9.97. The molecule has 12 nitrogen and oxygen atoms in total. The van der Waals surface area contributed by atoms with Gasteiger partial charge in [-0.15, -0.1) is 0 Å². The summed E-state index contributed by atoms with van der Waals surface area (Å²) in [5, 5.41) is 20.1. The van der Waals surface area contributed by atoms with Gasteiger partial charge >= 0.3 is 19.4 Å². The van der Waals surface area contributed by atoms with E-state index in [9.17, 15) is 24.4 Å². The summed E-state index contributed by atoms with van der Waals surface area (Å²) in [7, 11) is -4.69. The number of benzene rings is 1. The highest BCUT2D eigenvalue weighted by atomic mass is 31.2. The first-order valence-corrected chi connectivity index (χ1v) is 12.7. The molecule has 1 fully saturated rings. The number of carboxylic acid groups (broad SMARTS) is 1. The zero-order valence-corrected chi connectivity index (χ0v) is 21.4. The second kappa shape index (κ2) is 10.5. The van der Waals surface area contributed by atoms with Crippen molar-refractivity contribution in [3.63, 3.8) is 0 Å². The minimum absolute atomic E-state index is 0.0163. The summed E-state index contributed by atoms with van der Waals surface area (Å²) in [5.41, 5.74) is 1.49. The van der Waals surface area contributed by atoms with Crippen LogP contribution in [0.3, 0.4) is 0 Å². The number of hydrogen-bond acceptors (Lipinski definition) is 9. The Labute approximate surface area is 211 Å². The van der Waals surface area contributed by atoms with Gasteiger partial charge in [0.1, 0.15) is 24.2 Å². The van der Waals surface area contributed by atoms with Crippen LogP contribution in [0.15, 0.2) is 47.4 Å². The van der Waals surface area contributed by atoms with E-state index in [4.69, 9.17) is 19.5 Å². The Morgan fingerprint density at radius 3 is 2.46 bits per heavy atom. The highest BCUT2D eigenvalue weighted by Crippen LogP contribution is 2.56. The predicted octanol–water partition coefficient (Wildman–Crippen LogP) is 2.50. The smallest absolute Gasteiger partial charge is 0.462 e. The quantitative estimate of drug-likeness (QED) is 0.375. The standard InChI is InChI=1S/C22H29F2N4O8P/c1-13(2)28(14(3)17(29)30)37(33,36-15-8-6-5-7-9-15)34-12-22(24)18(31)21(4,23)19(35-22)27-11-10-16(25)26-20(27)32/h5-11,13-14,18-19,31H,12H2,1-4H3,(H,29,30)(H2,25,26,32)/t14-,18-,19+,21+,22+,37-/m0/s1. The third-order valence-electron chi connectivity index (χ3n) is 5.79. The monoisotopic (exact) mass is 546 g/mol. The number of carbonyl (C=O) groups is 1. The van der Waals surface area contributed by atoms with Gasteiger partial charge in [0, 0.05) is 12.2 Å². The van der Waals surface area contributed by atoms with E-state index in [-0.39, 0.29) is 11.6 Å². The van der Waals surface area contributed by atoms with E-state index in [2.05, 4.69) is 4.98 Å². The molecule has 0 amide bonds. The number of ether oxygens (including phenoxy) is 1. The van der Waals surface area contributed by atoms with Gasteiger partial charge in [-0.3, -0.25) is 13.9 Å². The van der Waals surface area contributed by atoms with Crippen LogP contribution in [0, 0.1) is 0 Å². The van der Waals surface area contributed by atoms with Gasteiger partial charge in [0.25, 0.3) is 5.85 Å². The summed E-state index contributed by atoms with van der Waals surface area (Å²) in [6, 6.07) is 6.58. The Kier molecular flexibility index (Phi) is 8.11. The molecule has 2 heterocycles. The average molecular weight is 546 g/mol. The molecule has 0 radical (unpaired) electrons. The summed E-state index contributed by atoms with van der Waals surface area (Å²) in [6.07, 6.45) is -3.50. The van der Waals surface area contributed by atoms with E-state index in [1.54, 1.807) is 18.2 Å². The molecule has 0 bridgehead atoms. The van der Waals surface area contributed by atoms with Gasteiger partial charge in [-0.25, -0.2) is 18.1 Å². The molecular formula is C22H29F2N4O8P. The second-order valence-electron chi connectivity index (χ2n) is 8.99. The van der Waals surface area contributed by atoms with E-state index < -0.39 is 62.0 Å². The van der Waals surface area contributed by atoms with E-state index in [1.165, 1.54) is 32.9 Å². The second-order valence-corrected chi connectivity index (χ2v) is 10.8. The lowest BCUT2D eigenvalue weighted by Crippen LogP contribution is -2.48.